The molecule has 1 atom stereocenters. The second kappa shape index (κ2) is 9.26. The van der Waals surface area contributed by atoms with E-state index in [-0.39, 0.29) is 17.9 Å². The maximum Gasteiger partial charge on any atom is 0.343 e. The molecule has 2 rings (SSSR count). The Morgan fingerprint density at radius 2 is 1.71 bits per heavy atom. The largest absolute Gasteiger partial charge is 0.482 e. The summed E-state index contributed by atoms with van der Waals surface area (Å²) in [7, 11) is 1.29. The number of rotatable bonds is 7. The average Bonchev–Trinajstić information content (AvgIpc) is 2.66. The van der Waals surface area contributed by atoms with Gasteiger partial charge in [0.2, 0.25) is 0 Å². The minimum atomic E-state index is -0.680. The predicted octanol–water partition coefficient (Wildman–Crippen LogP) is 3.94. The first-order valence-electron chi connectivity index (χ1n) is 9.07. The summed E-state index contributed by atoms with van der Waals surface area (Å²) in [5.41, 5.74) is 1.80. The summed E-state index contributed by atoms with van der Waals surface area (Å²) < 4.78 is 15.6. The van der Waals surface area contributed by atoms with Crippen molar-refractivity contribution in [2.24, 2.45) is 0 Å². The van der Waals surface area contributed by atoms with Crippen LogP contribution < -0.4 is 14.8 Å². The molecule has 0 aliphatic carbocycles. The summed E-state index contributed by atoms with van der Waals surface area (Å²) in [5, 5.41) is 2.78. The van der Waals surface area contributed by atoms with Crippen molar-refractivity contribution in [1.82, 2.24) is 0 Å². The number of amides is 1. The zero-order valence-corrected chi connectivity index (χ0v) is 16.9. The minimum Gasteiger partial charge on any atom is -0.482 e. The van der Waals surface area contributed by atoms with Gasteiger partial charge >= 0.3 is 5.97 Å². The highest BCUT2D eigenvalue weighted by atomic mass is 16.6. The maximum absolute atomic E-state index is 12.4. The zero-order chi connectivity index (χ0) is 20.7. The molecule has 0 spiro atoms. The van der Waals surface area contributed by atoms with Gasteiger partial charge in [-0.25, -0.2) is 4.79 Å². The highest BCUT2D eigenvalue weighted by Crippen LogP contribution is 2.25. The number of ether oxygens (including phenoxy) is 3. The van der Waals surface area contributed by atoms with Gasteiger partial charge in [-0.1, -0.05) is 39.0 Å². The number of anilines is 1. The fraction of sp³-hybridized carbons (Fsp3) is 0.364. The van der Waals surface area contributed by atoms with E-state index in [1.165, 1.54) is 12.7 Å². The van der Waals surface area contributed by atoms with Crippen molar-refractivity contribution in [3.8, 4) is 11.5 Å². The first-order valence-corrected chi connectivity index (χ1v) is 9.07. The van der Waals surface area contributed by atoms with Gasteiger partial charge in [0.15, 0.2) is 12.7 Å². The van der Waals surface area contributed by atoms with Gasteiger partial charge in [0.1, 0.15) is 11.5 Å². The van der Waals surface area contributed by atoms with E-state index >= 15 is 0 Å². The Morgan fingerprint density at radius 3 is 2.32 bits per heavy atom. The quantitative estimate of drug-likeness (QED) is 0.731. The summed E-state index contributed by atoms with van der Waals surface area (Å²) >= 11 is 0. The molecule has 0 radical (unpaired) electrons. The number of hydrogen-bond donors (Lipinski definition) is 1. The summed E-state index contributed by atoms with van der Waals surface area (Å²) in [6.45, 7) is 7.91. The normalized spacial score (nSPS) is 12.0. The van der Waals surface area contributed by atoms with Gasteiger partial charge in [0.25, 0.3) is 5.91 Å². The first-order chi connectivity index (χ1) is 13.2. The monoisotopic (exact) mass is 385 g/mol. The molecule has 2 aromatic rings. The van der Waals surface area contributed by atoms with Crippen LogP contribution in [-0.4, -0.2) is 31.7 Å². The molecule has 6 nitrogen and oxygen atoms in total. The van der Waals surface area contributed by atoms with Crippen LogP contribution >= 0.6 is 0 Å². The van der Waals surface area contributed by atoms with E-state index in [4.69, 9.17) is 9.47 Å². The molecule has 0 aliphatic heterocycles. The number of methoxy groups -OCH3 is 1. The third-order valence-corrected chi connectivity index (χ3v) is 4.09. The third-order valence-electron chi connectivity index (χ3n) is 4.09. The Bertz CT molecular complexity index is 808. The molecule has 0 bridgehead atoms. The van der Waals surface area contributed by atoms with E-state index in [0.29, 0.717) is 17.2 Å². The molecule has 0 aromatic heterocycles. The number of hydrogen-bond acceptors (Lipinski definition) is 5. The molecule has 2 aromatic carbocycles. The van der Waals surface area contributed by atoms with Crippen molar-refractivity contribution >= 4 is 17.6 Å². The van der Waals surface area contributed by atoms with E-state index in [1.807, 2.05) is 24.3 Å². The lowest BCUT2D eigenvalue weighted by atomic mass is 9.87. The first kappa shape index (κ1) is 21.3. The fourth-order valence-electron chi connectivity index (χ4n) is 2.40. The molecule has 150 valence electrons. The third kappa shape index (κ3) is 6.30. The topological polar surface area (TPSA) is 73.9 Å². The molecule has 6 heteroatoms. The smallest absolute Gasteiger partial charge is 0.343 e. The molecule has 1 unspecified atom stereocenters. The second-order valence-corrected chi connectivity index (χ2v) is 7.42. The molecule has 0 heterocycles. The average molecular weight is 385 g/mol. The zero-order valence-electron chi connectivity index (χ0n) is 16.9. The summed E-state index contributed by atoms with van der Waals surface area (Å²) in [6.07, 6.45) is -0.680. The Hall–Kier alpha value is -3.02. The van der Waals surface area contributed by atoms with Gasteiger partial charge in [0.05, 0.1) is 7.11 Å². The summed E-state index contributed by atoms with van der Waals surface area (Å²) in [6, 6.07) is 14.5. The van der Waals surface area contributed by atoms with Crippen LogP contribution in [0.3, 0.4) is 0 Å². The molecule has 1 N–H and O–H groups in total. The van der Waals surface area contributed by atoms with Crippen LogP contribution in [0.25, 0.3) is 0 Å². The highest BCUT2D eigenvalue weighted by Gasteiger charge is 2.17. The molecule has 0 saturated carbocycles. The summed E-state index contributed by atoms with van der Waals surface area (Å²) in [4.78, 5) is 23.6. The SMILES string of the molecule is COC(=O)COc1cccc(NC(=O)C(C)Oc2ccc(C(C)(C)C)cc2)c1. The van der Waals surface area contributed by atoms with Crippen molar-refractivity contribution in [2.45, 2.75) is 39.2 Å². The predicted molar refractivity (Wildman–Crippen MR) is 108 cm³/mol. The van der Waals surface area contributed by atoms with Crippen LogP contribution in [-0.2, 0) is 19.7 Å². The number of nitrogens with one attached hydrogen (secondary N) is 1. The van der Waals surface area contributed by atoms with Gasteiger partial charge in [-0.3, -0.25) is 4.79 Å². The molecule has 0 fully saturated rings. The number of benzene rings is 2. The number of carbonyl (C=O) groups is 2. The Morgan fingerprint density at radius 1 is 1.04 bits per heavy atom. The number of esters is 1. The molecule has 0 aliphatic rings. The van der Waals surface area contributed by atoms with Crippen molar-refractivity contribution < 1.29 is 23.8 Å². The van der Waals surface area contributed by atoms with E-state index in [1.54, 1.807) is 31.2 Å². The molecular formula is C22H27NO5. The lowest BCUT2D eigenvalue weighted by molar-refractivity contribution is -0.142. The molecular weight excluding hydrogens is 358 g/mol. The van der Waals surface area contributed by atoms with Gasteiger partial charge in [0, 0.05) is 11.8 Å². The maximum atomic E-state index is 12.4. The molecule has 0 saturated heterocycles. The van der Waals surface area contributed by atoms with Crippen molar-refractivity contribution in [3.05, 3.63) is 54.1 Å². The van der Waals surface area contributed by atoms with E-state index in [2.05, 4.69) is 30.8 Å². The standard InChI is InChI=1S/C22H27NO5/c1-15(28-18-11-9-16(10-12-18)22(2,3)4)21(25)23-17-7-6-8-19(13-17)27-14-20(24)26-5/h6-13,15H,14H2,1-5H3,(H,23,25). The highest BCUT2D eigenvalue weighted by molar-refractivity contribution is 5.94. The van der Waals surface area contributed by atoms with Crippen LogP contribution in [0.15, 0.2) is 48.5 Å². The van der Waals surface area contributed by atoms with Crippen LogP contribution in [0.5, 0.6) is 11.5 Å². The van der Waals surface area contributed by atoms with Gasteiger partial charge in [-0.2, -0.15) is 0 Å². The lowest BCUT2D eigenvalue weighted by Gasteiger charge is -2.20. The Labute approximate surface area is 165 Å². The number of carbonyl (C=O) groups excluding carboxylic acids is 2. The van der Waals surface area contributed by atoms with Crippen molar-refractivity contribution in [1.29, 1.82) is 0 Å². The lowest BCUT2D eigenvalue weighted by Crippen LogP contribution is -2.30. The van der Waals surface area contributed by atoms with E-state index < -0.39 is 12.1 Å². The van der Waals surface area contributed by atoms with Crippen LogP contribution in [0, 0.1) is 0 Å². The summed E-state index contributed by atoms with van der Waals surface area (Å²) in [5.74, 6) is 0.319. The van der Waals surface area contributed by atoms with E-state index in [9.17, 15) is 9.59 Å². The van der Waals surface area contributed by atoms with Crippen LogP contribution in [0.2, 0.25) is 0 Å². The van der Waals surface area contributed by atoms with Gasteiger partial charge in [-0.15, -0.1) is 0 Å². The van der Waals surface area contributed by atoms with Crippen molar-refractivity contribution in [2.75, 3.05) is 19.0 Å². The van der Waals surface area contributed by atoms with Gasteiger partial charge < -0.3 is 19.5 Å². The molecule has 1 amide bonds. The van der Waals surface area contributed by atoms with E-state index in [0.717, 1.165) is 0 Å². The second-order valence-electron chi connectivity index (χ2n) is 7.42. The van der Waals surface area contributed by atoms with Crippen molar-refractivity contribution in [3.63, 3.8) is 0 Å². The molecule has 28 heavy (non-hydrogen) atoms. The fourth-order valence-corrected chi connectivity index (χ4v) is 2.40. The van der Waals surface area contributed by atoms with Crippen LogP contribution in [0.4, 0.5) is 5.69 Å². The van der Waals surface area contributed by atoms with Gasteiger partial charge in [-0.05, 0) is 42.2 Å². The van der Waals surface area contributed by atoms with Crippen LogP contribution in [0.1, 0.15) is 33.3 Å². The Kier molecular flexibility index (Phi) is 7.04. The Balaban J connectivity index is 1.94. The minimum absolute atomic E-state index is 0.0580.